The summed E-state index contributed by atoms with van der Waals surface area (Å²) in [7, 11) is 0. The van der Waals surface area contributed by atoms with E-state index in [-0.39, 0.29) is 42.4 Å². The van der Waals surface area contributed by atoms with Crippen LogP contribution in [0.1, 0.15) is 89.7 Å². The molecule has 0 aromatic heterocycles. The number of hydrogen-bond acceptors (Lipinski definition) is 4. The average Bonchev–Trinajstić information content (AvgIpc) is 3.48. The largest absolute Gasteiger partial charge is 0.490 e. The molecule has 2 saturated carbocycles. The monoisotopic (exact) mass is 554 g/mol. The van der Waals surface area contributed by atoms with Crippen LogP contribution in [0.25, 0.3) is 11.1 Å². The molecular formula is C32H40F2N2O4. The lowest BCUT2D eigenvalue weighted by molar-refractivity contribution is -0.142. The maximum Gasteiger partial charge on any atom is 0.313 e. The van der Waals surface area contributed by atoms with Gasteiger partial charge in [0.1, 0.15) is 17.7 Å². The van der Waals surface area contributed by atoms with Crippen molar-refractivity contribution < 1.29 is 28.2 Å². The second kappa shape index (κ2) is 10.4. The molecule has 1 amide bonds. The molecular weight excluding hydrogens is 514 g/mol. The zero-order valence-corrected chi connectivity index (χ0v) is 23.8. The number of benzene rings is 2. The van der Waals surface area contributed by atoms with E-state index in [1.165, 1.54) is 6.07 Å². The molecule has 8 heteroatoms. The molecule has 3 atom stereocenters. The second-order valence-corrected chi connectivity index (χ2v) is 12.8. The van der Waals surface area contributed by atoms with Crippen LogP contribution in [-0.4, -0.2) is 46.9 Å². The van der Waals surface area contributed by atoms with Crippen molar-refractivity contribution in [3.63, 3.8) is 0 Å². The highest BCUT2D eigenvalue weighted by atomic mass is 19.1. The van der Waals surface area contributed by atoms with Crippen LogP contribution < -0.4 is 15.4 Å². The Kier molecular flexibility index (Phi) is 7.44. The van der Waals surface area contributed by atoms with E-state index in [4.69, 9.17) is 4.74 Å². The molecule has 0 unspecified atom stereocenters. The summed E-state index contributed by atoms with van der Waals surface area (Å²) in [5.41, 5.74) is -0.836. The fourth-order valence-corrected chi connectivity index (χ4v) is 6.49. The minimum Gasteiger partial charge on any atom is -0.490 e. The maximum absolute atomic E-state index is 15.5. The lowest BCUT2D eigenvalue weighted by atomic mass is 9.74. The lowest BCUT2D eigenvalue weighted by Gasteiger charge is -2.38. The van der Waals surface area contributed by atoms with Gasteiger partial charge >= 0.3 is 5.97 Å². The van der Waals surface area contributed by atoms with Crippen LogP contribution >= 0.6 is 0 Å². The molecule has 3 aliphatic rings. The van der Waals surface area contributed by atoms with Crippen LogP contribution in [0.5, 0.6) is 5.75 Å². The number of nitrogens with one attached hydrogen (secondary N) is 2. The van der Waals surface area contributed by atoms with Crippen molar-refractivity contribution >= 4 is 11.9 Å². The van der Waals surface area contributed by atoms with Crippen molar-refractivity contribution in [2.24, 2.45) is 0 Å². The van der Waals surface area contributed by atoms with Gasteiger partial charge in [-0.25, -0.2) is 8.78 Å². The normalized spacial score (nSPS) is 25.7. The van der Waals surface area contributed by atoms with Gasteiger partial charge in [-0.15, -0.1) is 0 Å². The third-order valence-corrected chi connectivity index (χ3v) is 9.25. The van der Waals surface area contributed by atoms with Gasteiger partial charge in [0, 0.05) is 36.5 Å². The lowest BCUT2D eigenvalue weighted by Crippen LogP contribution is -2.49. The number of carbonyl (C=O) groups is 2. The van der Waals surface area contributed by atoms with Gasteiger partial charge in [-0.3, -0.25) is 9.59 Å². The predicted molar refractivity (Wildman–Crippen MR) is 150 cm³/mol. The molecule has 40 heavy (non-hydrogen) atoms. The SMILES string of the molecule is CC(C)c1c(F)cccc1-c1cc(C(C)(C)C(=O)O)ccc1O[C@@H]1CC[C@@H](NC(=O)[C@]2(F)CNC3(CCC3)C2)C1. The van der Waals surface area contributed by atoms with Gasteiger partial charge in [0.15, 0.2) is 0 Å². The van der Waals surface area contributed by atoms with Gasteiger partial charge < -0.3 is 20.5 Å². The van der Waals surface area contributed by atoms with E-state index >= 15 is 4.39 Å². The molecule has 3 fully saturated rings. The number of hydrogen-bond donors (Lipinski definition) is 3. The topological polar surface area (TPSA) is 87.7 Å². The van der Waals surface area contributed by atoms with E-state index in [0.29, 0.717) is 47.3 Å². The summed E-state index contributed by atoms with van der Waals surface area (Å²) in [4.78, 5) is 24.9. The number of rotatable bonds is 8. The van der Waals surface area contributed by atoms with Crippen molar-refractivity contribution in [1.82, 2.24) is 10.6 Å². The molecule has 0 bridgehead atoms. The first-order valence-corrected chi connectivity index (χ1v) is 14.4. The Hall–Kier alpha value is -3.00. The number of amides is 1. The third kappa shape index (κ3) is 5.22. The summed E-state index contributed by atoms with van der Waals surface area (Å²) in [6.45, 7) is 7.17. The van der Waals surface area contributed by atoms with Crippen molar-refractivity contribution in [3.8, 4) is 16.9 Å². The van der Waals surface area contributed by atoms with Gasteiger partial charge in [0.05, 0.1) is 5.41 Å². The summed E-state index contributed by atoms with van der Waals surface area (Å²) in [6.07, 6.45) is 4.77. The molecule has 1 saturated heterocycles. The standard InChI is InChI=1S/C32H40F2N2O4/c1-19(2)27-23(7-5-8-25(27)33)24-15-20(30(3,4)29(38)39)9-12-26(24)40-22-11-10-21(16-22)36-28(37)32(34)17-31(35-18-32)13-6-14-31/h5,7-9,12,15,19,21-22,35H,6,10-11,13-14,16-18H2,1-4H3,(H,36,37)(H,38,39)/t21-,22-,32-/m1/s1. The Bertz CT molecular complexity index is 1310. The number of halogens is 2. The molecule has 216 valence electrons. The Morgan fingerprint density at radius 3 is 2.52 bits per heavy atom. The summed E-state index contributed by atoms with van der Waals surface area (Å²) in [5.74, 6) is -1.41. The fourth-order valence-electron chi connectivity index (χ4n) is 6.49. The van der Waals surface area contributed by atoms with Gasteiger partial charge in [-0.1, -0.05) is 32.0 Å². The first-order valence-electron chi connectivity index (χ1n) is 14.4. The van der Waals surface area contributed by atoms with Gasteiger partial charge in [-0.2, -0.15) is 0 Å². The molecule has 3 N–H and O–H groups in total. The van der Waals surface area contributed by atoms with Gasteiger partial charge in [-0.05, 0) is 86.8 Å². The smallest absolute Gasteiger partial charge is 0.313 e. The first-order chi connectivity index (χ1) is 18.8. The van der Waals surface area contributed by atoms with Crippen molar-refractivity contribution in [1.29, 1.82) is 0 Å². The third-order valence-electron chi connectivity index (χ3n) is 9.25. The van der Waals surface area contributed by atoms with E-state index < -0.39 is 23.0 Å². The highest BCUT2D eigenvalue weighted by Gasteiger charge is 2.55. The van der Waals surface area contributed by atoms with E-state index in [9.17, 15) is 19.1 Å². The molecule has 2 aromatic carbocycles. The van der Waals surface area contributed by atoms with Crippen LogP contribution in [0.3, 0.4) is 0 Å². The second-order valence-electron chi connectivity index (χ2n) is 12.8. The number of ether oxygens (including phenoxy) is 1. The molecule has 1 spiro atoms. The van der Waals surface area contributed by atoms with E-state index in [1.54, 1.807) is 38.1 Å². The molecule has 6 nitrogen and oxygen atoms in total. The molecule has 5 rings (SSSR count). The summed E-state index contributed by atoms with van der Waals surface area (Å²) >= 11 is 0. The Balaban J connectivity index is 1.36. The van der Waals surface area contributed by atoms with E-state index in [2.05, 4.69) is 10.6 Å². The van der Waals surface area contributed by atoms with E-state index in [1.807, 2.05) is 19.9 Å². The minimum atomic E-state index is -1.88. The quantitative estimate of drug-likeness (QED) is 0.372. The molecule has 1 heterocycles. The maximum atomic E-state index is 15.5. The highest BCUT2D eigenvalue weighted by Crippen LogP contribution is 2.45. The molecule has 2 aromatic rings. The Morgan fingerprint density at radius 2 is 1.90 bits per heavy atom. The Labute approximate surface area is 234 Å². The van der Waals surface area contributed by atoms with Gasteiger partial charge in [0.25, 0.3) is 5.91 Å². The predicted octanol–water partition coefficient (Wildman–Crippen LogP) is 6.02. The first kappa shape index (κ1) is 28.5. The zero-order chi connectivity index (χ0) is 28.9. The number of carboxylic acid groups (broad SMARTS) is 1. The molecule has 2 aliphatic carbocycles. The van der Waals surface area contributed by atoms with Gasteiger partial charge in [0.2, 0.25) is 5.67 Å². The summed E-state index contributed by atoms with van der Waals surface area (Å²) in [6, 6.07) is 10.0. The number of carbonyl (C=O) groups excluding carboxylic acids is 1. The number of alkyl halides is 1. The molecule has 0 radical (unpaired) electrons. The number of carboxylic acids is 1. The van der Waals surface area contributed by atoms with Crippen LogP contribution in [0.2, 0.25) is 0 Å². The average molecular weight is 555 g/mol. The van der Waals surface area contributed by atoms with Crippen molar-refractivity contribution in [2.75, 3.05) is 6.54 Å². The molecule has 1 aliphatic heterocycles. The number of aliphatic carboxylic acids is 1. The minimum absolute atomic E-state index is 0.0553. The van der Waals surface area contributed by atoms with Crippen LogP contribution in [0, 0.1) is 5.82 Å². The van der Waals surface area contributed by atoms with Crippen molar-refractivity contribution in [3.05, 3.63) is 53.3 Å². The Morgan fingerprint density at radius 1 is 1.15 bits per heavy atom. The fraction of sp³-hybridized carbons (Fsp3) is 0.562. The van der Waals surface area contributed by atoms with E-state index in [0.717, 1.165) is 19.3 Å². The van der Waals surface area contributed by atoms with Crippen LogP contribution in [0.4, 0.5) is 8.78 Å². The van der Waals surface area contributed by atoms with Crippen molar-refractivity contribution in [2.45, 2.75) is 107 Å². The van der Waals surface area contributed by atoms with Crippen LogP contribution in [0.15, 0.2) is 36.4 Å². The van der Waals surface area contributed by atoms with Crippen LogP contribution in [-0.2, 0) is 15.0 Å². The summed E-state index contributed by atoms with van der Waals surface area (Å²) < 4.78 is 36.9. The highest BCUT2D eigenvalue weighted by molar-refractivity contribution is 5.86. The summed E-state index contributed by atoms with van der Waals surface area (Å²) in [5, 5.41) is 16.0. The zero-order valence-electron chi connectivity index (χ0n) is 23.8.